The summed E-state index contributed by atoms with van der Waals surface area (Å²) >= 11 is 0. The van der Waals surface area contributed by atoms with Gasteiger partial charge in [-0.2, -0.15) is 0 Å². The average molecular weight is 252 g/mol. The molecule has 1 heterocycles. The smallest absolute Gasteiger partial charge is 0.125 e. The van der Waals surface area contributed by atoms with Gasteiger partial charge in [-0.25, -0.2) is 4.39 Å². The molecule has 100 valence electrons. The van der Waals surface area contributed by atoms with E-state index >= 15 is 0 Å². The van der Waals surface area contributed by atoms with E-state index in [4.69, 9.17) is 10.5 Å². The number of nitrogens with two attached hydrogens (primary N) is 1. The second-order valence-electron chi connectivity index (χ2n) is 5.01. The number of nitrogens with zero attached hydrogens (tertiary/aromatic N) is 1. The fourth-order valence-corrected chi connectivity index (χ4v) is 2.48. The van der Waals surface area contributed by atoms with Crippen LogP contribution < -0.4 is 10.6 Å². The number of hydrogen-bond donors (Lipinski definition) is 1. The summed E-state index contributed by atoms with van der Waals surface area (Å²) in [4.78, 5) is 2.18. The molecule has 0 bridgehead atoms. The van der Waals surface area contributed by atoms with Gasteiger partial charge in [-0.15, -0.1) is 0 Å². The molecule has 0 saturated carbocycles. The zero-order valence-corrected chi connectivity index (χ0v) is 11.1. The number of rotatable bonds is 5. The number of anilines is 1. The minimum atomic E-state index is -0.269. The summed E-state index contributed by atoms with van der Waals surface area (Å²) in [6.45, 7) is 6.63. The molecule has 1 aliphatic heterocycles. The van der Waals surface area contributed by atoms with Crippen molar-refractivity contribution in [2.45, 2.75) is 25.8 Å². The maximum atomic E-state index is 13.4. The first-order valence-electron chi connectivity index (χ1n) is 6.44. The third-order valence-electron chi connectivity index (χ3n) is 3.65. The normalized spacial score (nSPS) is 17.7. The lowest BCUT2D eigenvalue weighted by Gasteiger charge is -2.39. The lowest BCUT2D eigenvalue weighted by Crippen LogP contribution is -2.54. The lowest BCUT2D eigenvalue weighted by molar-refractivity contribution is 0.101. The molecule has 0 spiro atoms. The van der Waals surface area contributed by atoms with Gasteiger partial charge in [0.1, 0.15) is 5.82 Å². The third-order valence-corrected chi connectivity index (χ3v) is 3.65. The lowest BCUT2D eigenvalue weighted by atomic mass is 10.0. The maximum absolute atomic E-state index is 13.4. The molecule has 18 heavy (non-hydrogen) atoms. The molecule has 1 atom stereocenters. The van der Waals surface area contributed by atoms with Crippen molar-refractivity contribution >= 4 is 5.69 Å². The highest BCUT2D eigenvalue weighted by molar-refractivity contribution is 5.60. The summed E-state index contributed by atoms with van der Waals surface area (Å²) in [7, 11) is 0. The molecule has 2 N–H and O–H groups in total. The van der Waals surface area contributed by atoms with Crippen molar-refractivity contribution in [2.24, 2.45) is 5.73 Å². The monoisotopic (exact) mass is 252 g/mol. The van der Waals surface area contributed by atoms with Crippen LogP contribution in [0, 0.1) is 5.82 Å². The largest absolute Gasteiger partial charge is 0.379 e. The topological polar surface area (TPSA) is 38.5 Å². The van der Waals surface area contributed by atoms with Gasteiger partial charge in [0.25, 0.3) is 0 Å². The Morgan fingerprint density at radius 1 is 1.50 bits per heavy atom. The van der Waals surface area contributed by atoms with Crippen LogP contribution in [0.4, 0.5) is 10.1 Å². The highest BCUT2D eigenvalue weighted by atomic mass is 19.1. The summed E-state index contributed by atoms with van der Waals surface area (Å²) in [6.07, 6.45) is 0.942. The zero-order chi connectivity index (χ0) is 13.2. The summed E-state index contributed by atoms with van der Waals surface area (Å²) in [5.41, 5.74) is 7.79. The van der Waals surface area contributed by atoms with Crippen LogP contribution in [0.15, 0.2) is 18.2 Å². The number of hydrogen-bond acceptors (Lipinski definition) is 3. The van der Waals surface area contributed by atoms with Crippen LogP contribution in [-0.4, -0.2) is 31.8 Å². The molecule has 0 aromatic heterocycles. The predicted octanol–water partition coefficient (Wildman–Crippen LogP) is 1.94. The molecule has 0 radical (unpaired) electrons. The molecule has 0 amide bonds. The van der Waals surface area contributed by atoms with Crippen molar-refractivity contribution < 1.29 is 9.13 Å². The quantitative estimate of drug-likeness (QED) is 0.870. The Balaban J connectivity index is 2.27. The highest BCUT2D eigenvalue weighted by Gasteiger charge is 2.35. The van der Waals surface area contributed by atoms with E-state index in [0.717, 1.165) is 18.7 Å². The van der Waals surface area contributed by atoms with E-state index in [-0.39, 0.29) is 11.4 Å². The Morgan fingerprint density at radius 3 is 2.94 bits per heavy atom. The summed E-state index contributed by atoms with van der Waals surface area (Å²) in [5, 5.41) is 0. The van der Waals surface area contributed by atoms with Gasteiger partial charge >= 0.3 is 0 Å². The second kappa shape index (κ2) is 5.24. The Labute approximate surface area is 108 Å². The van der Waals surface area contributed by atoms with Crippen LogP contribution in [0.2, 0.25) is 0 Å². The summed E-state index contributed by atoms with van der Waals surface area (Å²) in [5.74, 6) is -0.198. The Hall–Kier alpha value is -1.13. The van der Waals surface area contributed by atoms with Gasteiger partial charge in [0.2, 0.25) is 0 Å². The number of benzene rings is 1. The number of ether oxygens (including phenoxy) is 1. The van der Waals surface area contributed by atoms with Gasteiger partial charge in [-0.05, 0) is 38.0 Å². The second-order valence-corrected chi connectivity index (χ2v) is 5.01. The van der Waals surface area contributed by atoms with Crippen LogP contribution in [0.3, 0.4) is 0 Å². The van der Waals surface area contributed by atoms with Crippen LogP contribution in [0.25, 0.3) is 0 Å². The minimum Gasteiger partial charge on any atom is -0.379 e. The summed E-state index contributed by atoms with van der Waals surface area (Å²) < 4.78 is 18.9. The van der Waals surface area contributed by atoms with E-state index < -0.39 is 0 Å². The first kappa shape index (κ1) is 13.3. The van der Waals surface area contributed by atoms with Crippen molar-refractivity contribution in [1.29, 1.82) is 0 Å². The van der Waals surface area contributed by atoms with Gasteiger partial charge in [0, 0.05) is 25.4 Å². The minimum absolute atomic E-state index is 0.198. The molecule has 3 nitrogen and oxygen atoms in total. The molecular formula is C14H21FN2O. The van der Waals surface area contributed by atoms with Gasteiger partial charge in [0.05, 0.1) is 12.1 Å². The van der Waals surface area contributed by atoms with Gasteiger partial charge in [-0.3, -0.25) is 0 Å². The maximum Gasteiger partial charge on any atom is 0.125 e. The first-order valence-corrected chi connectivity index (χ1v) is 6.44. The van der Waals surface area contributed by atoms with E-state index in [1.54, 1.807) is 6.07 Å². The van der Waals surface area contributed by atoms with E-state index in [2.05, 4.69) is 11.8 Å². The molecule has 1 aliphatic rings. The molecule has 0 aliphatic carbocycles. The zero-order valence-electron chi connectivity index (χ0n) is 11.1. The Morgan fingerprint density at radius 2 is 2.28 bits per heavy atom. The van der Waals surface area contributed by atoms with Crippen LogP contribution in [-0.2, 0) is 11.2 Å². The van der Waals surface area contributed by atoms with Crippen molar-refractivity contribution in [1.82, 2.24) is 0 Å². The van der Waals surface area contributed by atoms with E-state index in [1.807, 2.05) is 13.0 Å². The predicted molar refractivity (Wildman–Crippen MR) is 71.4 cm³/mol. The van der Waals surface area contributed by atoms with Gasteiger partial charge in [0.15, 0.2) is 0 Å². The van der Waals surface area contributed by atoms with Crippen molar-refractivity contribution in [2.75, 3.05) is 31.2 Å². The Bertz CT molecular complexity index is 424. The highest BCUT2D eigenvalue weighted by Crippen LogP contribution is 2.34. The van der Waals surface area contributed by atoms with Crippen LogP contribution in [0.5, 0.6) is 0 Å². The van der Waals surface area contributed by atoms with E-state index in [1.165, 1.54) is 11.6 Å². The molecule has 2 rings (SSSR count). The Kier molecular flexibility index (Phi) is 3.88. The first-order chi connectivity index (χ1) is 8.60. The van der Waals surface area contributed by atoms with Crippen molar-refractivity contribution in [3.8, 4) is 0 Å². The molecule has 0 saturated heterocycles. The third kappa shape index (κ3) is 2.35. The average Bonchev–Trinajstić information content (AvgIpc) is 2.79. The SMILES string of the molecule is CCOCC(C)(CN)N1CCc2ccc(F)cc21. The van der Waals surface area contributed by atoms with Crippen LogP contribution in [0.1, 0.15) is 19.4 Å². The van der Waals surface area contributed by atoms with E-state index in [0.29, 0.717) is 19.8 Å². The fraction of sp³-hybridized carbons (Fsp3) is 0.571. The molecule has 1 aromatic rings. The summed E-state index contributed by atoms with van der Waals surface area (Å²) in [6, 6.07) is 4.98. The number of fused-ring (bicyclic) bond motifs is 1. The number of halogens is 1. The van der Waals surface area contributed by atoms with E-state index in [9.17, 15) is 4.39 Å². The molecule has 0 fully saturated rings. The van der Waals surface area contributed by atoms with Crippen LogP contribution >= 0.6 is 0 Å². The molecule has 4 heteroatoms. The van der Waals surface area contributed by atoms with Crippen molar-refractivity contribution in [3.63, 3.8) is 0 Å². The molecule has 1 unspecified atom stereocenters. The standard InChI is InChI=1S/C14H21FN2O/c1-3-18-10-14(2,9-16)17-7-6-11-4-5-12(15)8-13(11)17/h4-5,8H,3,6-7,9-10,16H2,1-2H3. The van der Waals surface area contributed by atoms with Gasteiger partial charge < -0.3 is 15.4 Å². The fourth-order valence-electron chi connectivity index (χ4n) is 2.48. The van der Waals surface area contributed by atoms with Crippen molar-refractivity contribution in [3.05, 3.63) is 29.6 Å². The molecular weight excluding hydrogens is 231 g/mol. The van der Waals surface area contributed by atoms with Gasteiger partial charge in [-0.1, -0.05) is 6.07 Å². The molecule has 1 aromatic carbocycles.